The van der Waals surface area contributed by atoms with E-state index in [4.69, 9.17) is 9.84 Å². The summed E-state index contributed by atoms with van der Waals surface area (Å²) < 4.78 is 6.18. The van der Waals surface area contributed by atoms with Crippen molar-refractivity contribution in [2.75, 3.05) is 25.6 Å². The minimum Gasteiger partial charge on any atom is -0.480 e. The van der Waals surface area contributed by atoms with Crippen LogP contribution in [0.5, 0.6) is 0 Å². The monoisotopic (exact) mass is 270 g/mol. The summed E-state index contributed by atoms with van der Waals surface area (Å²) in [7, 11) is 1.60. The molecule has 19 heavy (non-hydrogen) atoms. The van der Waals surface area contributed by atoms with E-state index in [9.17, 15) is 9.59 Å². The summed E-state index contributed by atoms with van der Waals surface area (Å²) in [4.78, 5) is 22.0. The molecular formula is C11H18N4O4. The molecule has 0 saturated carbocycles. The minimum absolute atomic E-state index is 0.213. The Morgan fingerprint density at radius 1 is 1.58 bits per heavy atom. The lowest BCUT2D eigenvalue weighted by molar-refractivity contribution is -0.137. The minimum atomic E-state index is -0.993. The fourth-order valence-corrected chi connectivity index (χ4v) is 1.44. The van der Waals surface area contributed by atoms with Gasteiger partial charge in [0.25, 0.3) is 0 Å². The summed E-state index contributed by atoms with van der Waals surface area (Å²) in [6, 6.07) is -0.363. The number of rotatable bonds is 7. The summed E-state index contributed by atoms with van der Waals surface area (Å²) in [5.41, 5.74) is 0.443. The lowest BCUT2D eigenvalue weighted by Crippen LogP contribution is -2.33. The molecule has 3 N–H and O–H groups in total. The number of carboxylic acids is 1. The smallest absolute Gasteiger partial charge is 0.325 e. The Bertz CT molecular complexity index is 432. The highest BCUT2D eigenvalue weighted by Gasteiger charge is 2.07. The predicted octanol–water partition coefficient (Wildman–Crippen LogP) is 0.372. The third-order valence-corrected chi connectivity index (χ3v) is 2.25. The van der Waals surface area contributed by atoms with Gasteiger partial charge in [0.05, 0.1) is 18.5 Å². The Labute approximate surface area is 110 Å². The van der Waals surface area contributed by atoms with Gasteiger partial charge in [-0.25, -0.2) is 4.79 Å². The first-order valence-corrected chi connectivity index (χ1v) is 5.79. The van der Waals surface area contributed by atoms with Crippen molar-refractivity contribution < 1.29 is 19.4 Å². The van der Waals surface area contributed by atoms with E-state index < -0.39 is 5.97 Å². The fraction of sp³-hybridized carbons (Fsp3) is 0.545. The van der Waals surface area contributed by atoms with Crippen LogP contribution in [-0.4, -0.2) is 47.1 Å². The Morgan fingerprint density at radius 3 is 2.95 bits per heavy atom. The number of methoxy groups -OCH3 is 1. The molecule has 0 radical (unpaired) electrons. The van der Waals surface area contributed by atoms with Gasteiger partial charge in [-0.3, -0.25) is 9.48 Å². The first-order valence-electron chi connectivity index (χ1n) is 5.79. The molecule has 0 bridgehead atoms. The van der Waals surface area contributed by atoms with Gasteiger partial charge >= 0.3 is 12.0 Å². The number of aromatic nitrogens is 2. The summed E-state index contributed by atoms with van der Waals surface area (Å²) in [5, 5.41) is 17.6. The van der Waals surface area contributed by atoms with Crippen LogP contribution >= 0.6 is 0 Å². The molecule has 1 unspecified atom stereocenters. The summed E-state index contributed by atoms with van der Waals surface area (Å²) in [6.07, 6.45) is 2.84. The average Bonchev–Trinajstić information content (AvgIpc) is 2.73. The number of urea groups is 1. The van der Waals surface area contributed by atoms with Gasteiger partial charge in [0.15, 0.2) is 0 Å². The molecule has 0 fully saturated rings. The maximum atomic E-state index is 11.5. The van der Waals surface area contributed by atoms with E-state index in [1.165, 1.54) is 17.1 Å². The lowest BCUT2D eigenvalue weighted by Gasteiger charge is -2.11. The normalized spacial score (nSPS) is 11.9. The largest absolute Gasteiger partial charge is 0.480 e. The van der Waals surface area contributed by atoms with Crippen LogP contribution in [-0.2, 0) is 16.1 Å². The topological polar surface area (TPSA) is 105 Å². The van der Waals surface area contributed by atoms with Gasteiger partial charge < -0.3 is 20.5 Å². The van der Waals surface area contributed by atoms with Gasteiger partial charge in [-0.05, 0) is 5.92 Å². The van der Waals surface area contributed by atoms with Crippen LogP contribution in [0.4, 0.5) is 10.5 Å². The third-order valence-electron chi connectivity index (χ3n) is 2.25. The van der Waals surface area contributed by atoms with E-state index in [1.54, 1.807) is 7.11 Å². The van der Waals surface area contributed by atoms with Crippen molar-refractivity contribution in [1.82, 2.24) is 15.1 Å². The molecule has 0 aromatic carbocycles. The number of amides is 2. The molecule has 0 saturated heterocycles. The molecule has 106 valence electrons. The number of aliphatic carboxylic acids is 1. The van der Waals surface area contributed by atoms with Crippen LogP contribution in [0, 0.1) is 5.92 Å². The highest BCUT2D eigenvalue weighted by Crippen LogP contribution is 2.04. The van der Waals surface area contributed by atoms with Crippen molar-refractivity contribution in [2.24, 2.45) is 5.92 Å². The van der Waals surface area contributed by atoms with Gasteiger partial charge in [-0.15, -0.1) is 0 Å². The molecule has 1 atom stereocenters. The van der Waals surface area contributed by atoms with Crippen molar-refractivity contribution >= 4 is 17.7 Å². The Balaban J connectivity index is 2.35. The standard InChI is InChI=1S/C11H18N4O4/c1-8(7-19-2)3-12-11(18)14-9-4-13-15(5-9)6-10(16)17/h4-5,8H,3,6-7H2,1-2H3,(H,16,17)(H2,12,14,18). The second-order valence-electron chi connectivity index (χ2n) is 4.22. The number of anilines is 1. The second kappa shape index (κ2) is 7.37. The lowest BCUT2D eigenvalue weighted by atomic mass is 10.2. The summed E-state index contributed by atoms with van der Waals surface area (Å²) >= 11 is 0. The van der Waals surface area contributed by atoms with Crippen molar-refractivity contribution in [3.8, 4) is 0 Å². The zero-order valence-corrected chi connectivity index (χ0v) is 10.9. The van der Waals surface area contributed by atoms with Gasteiger partial charge in [-0.2, -0.15) is 5.10 Å². The number of ether oxygens (including phenoxy) is 1. The first kappa shape index (κ1) is 15.0. The van der Waals surface area contributed by atoms with E-state index in [0.29, 0.717) is 18.8 Å². The molecular weight excluding hydrogens is 252 g/mol. The van der Waals surface area contributed by atoms with E-state index in [1.807, 2.05) is 6.92 Å². The van der Waals surface area contributed by atoms with Crippen LogP contribution in [0.2, 0.25) is 0 Å². The molecule has 8 heteroatoms. The number of carbonyl (C=O) groups is 2. The summed E-state index contributed by atoms with van der Waals surface area (Å²) in [5.74, 6) is -0.780. The zero-order valence-electron chi connectivity index (χ0n) is 10.9. The van der Waals surface area contributed by atoms with Crippen LogP contribution in [0.15, 0.2) is 12.4 Å². The maximum absolute atomic E-state index is 11.5. The van der Waals surface area contributed by atoms with Crippen molar-refractivity contribution in [3.63, 3.8) is 0 Å². The number of hydrogen-bond donors (Lipinski definition) is 3. The molecule has 0 spiro atoms. The second-order valence-corrected chi connectivity index (χ2v) is 4.22. The summed E-state index contributed by atoms with van der Waals surface area (Å²) in [6.45, 7) is 2.77. The molecule has 1 rings (SSSR count). The number of hydrogen-bond acceptors (Lipinski definition) is 4. The van der Waals surface area contributed by atoms with Gasteiger partial charge in [-0.1, -0.05) is 6.92 Å². The average molecular weight is 270 g/mol. The van der Waals surface area contributed by atoms with E-state index in [2.05, 4.69) is 15.7 Å². The molecule has 0 aliphatic heterocycles. The van der Waals surface area contributed by atoms with Crippen molar-refractivity contribution in [3.05, 3.63) is 12.4 Å². The van der Waals surface area contributed by atoms with E-state index >= 15 is 0 Å². The van der Waals surface area contributed by atoms with Gasteiger partial charge in [0, 0.05) is 19.9 Å². The molecule has 8 nitrogen and oxygen atoms in total. The first-order chi connectivity index (χ1) is 9.01. The molecule has 1 heterocycles. The van der Waals surface area contributed by atoms with Crippen molar-refractivity contribution in [1.29, 1.82) is 0 Å². The molecule has 0 aliphatic rings. The number of nitrogens with zero attached hydrogens (tertiary/aromatic N) is 2. The highest BCUT2D eigenvalue weighted by molar-refractivity contribution is 5.88. The number of carboxylic acid groups (broad SMARTS) is 1. The Hall–Kier alpha value is -2.09. The molecule has 2 amide bonds. The van der Waals surface area contributed by atoms with Crippen LogP contribution in [0.1, 0.15) is 6.92 Å². The SMILES string of the molecule is COCC(C)CNC(=O)Nc1cnn(CC(=O)O)c1. The van der Waals surface area contributed by atoms with E-state index in [0.717, 1.165) is 0 Å². The predicted molar refractivity (Wildman–Crippen MR) is 67.9 cm³/mol. The van der Waals surface area contributed by atoms with Crippen molar-refractivity contribution in [2.45, 2.75) is 13.5 Å². The maximum Gasteiger partial charge on any atom is 0.325 e. The molecule has 1 aromatic heterocycles. The molecule has 1 aromatic rings. The number of nitrogens with one attached hydrogen (secondary N) is 2. The quantitative estimate of drug-likeness (QED) is 0.664. The fourth-order valence-electron chi connectivity index (χ4n) is 1.44. The third kappa shape index (κ3) is 5.87. The number of carbonyl (C=O) groups excluding carboxylic acids is 1. The Morgan fingerprint density at radius 2 is 2.32 bits per heavy atom. The highest BCUT2D eigenvalue weighted by atomic mass is 16.5. The van der Waals surface area contributed by atoms with Crippen LogP contribution < -0.4 is 10.6 Å². The molecule has 0 aliphatic carbocycles. The van der Waals surface area contributed by atoms with Crippen LogP contribution in [0.3, 0.4) is 0 Å². The van der Waals surface area contributed by atoms with Crippen LogP contribution in [0.25, 0.3) is 0 Å². The Kier molecular flexibility index (Phi) is 5.80. The zero-order chi connectivity index (χ0) is 14.3. The van der Waals surface area contributed by atoms with E-state index in [-0.39, 0.29) is 18.5 Å². The van der Waals surface area contributed by atoms with Gasteiger partial charge in [0.2, 0.25) is 0 Å². The van der Waals surface area contributed by atoms with Gasteiger partial charge in [0.1, 0.15) is 6.54 Å².